The Morgan fingerprint density at radius 3 is 2.85 bits per heavy atom. The predicted octanol–water partition coefficient (Wildman–Crippen LogP) is 2.72. The molecule has 0 saturated carbocycles. The maximum absolute atomic E-state index is 14.0. The first kappa shape index (κ1) is 16.4. The molecule has 1 unspecified atom stereocenters. The van der Waals surface area contributed by atoms with E-state index in [4.69, 9.17) is 0 Å². The number of benzene rings is 1. The second kappa shape index (κ2) is 6.33. The highest BCUT2D eigenvalue weighted by atomic mass is 19.2. The van der Waals surface area contributed by atoms with Gasteiger partial charge in [-0.15, -0.1) is 0 Å². The molecule has 0 radical (unpaired) electrons. The standard InChI is InChI=1S/C19H15F2N3O2/c20-15-4-3-14-13(6-16(25)23-19(14)18(15)21)10-24-9-12(7-17(24)26)11-2-1-5-22-8-11/h1-6,8,12H,7,9-10H2,(H,23,25). The number of hydrogen-bond acceptors (Lipinski definition) is 3. The summed E-state index contributed by atoms with van der Waals surface area (Å²) in [4.78, 5) is 32.3. The largest absolute Gasteiger partial charge is 0.338 e. The van der Waals surface area contributed by atoms with Crippen LogP contribution in [-0.2, 0) is 11.3 Å². The number of hydrogen-bond donors (Lipinski definition) is 1. The number of carbonyl (C=O) groups excluding carboxylic acids is 1. The lowest BCUT2D eigenvalue weighted by Gasteiger charge is -2.18. The molecule has 3 heterocycles. The Morgan fingerprint density at radius 1 is 1.23 bits per heavy atom. The Bertz CT molecular complexity index is 1050. The zero-order chi connectivity index (χ0) is 18.3. The van der Waals surface area contributed by atoms with Gasteiger partial charge in [0.15, 0.2) is 11.6 Å². The van der Waals surface area contributed by atoms with Crippen LogP contribution in [0.5, 0.6) is 0 Å². The third-order valence-electron chi connectivity index (χ3n) is 4.73. The lowest BCUT2D eigenvalue weighted by molar-refractivity contribution is -0.128. The molecule has 1 aliphatic rings. The molecule has 1 saturated heterocycles. The summed E-state index contributed by atoms with van der Waals surface area (Å²) in [5.74, 6) is -2.14. The average Bonchev–Trinajstić information content (AvgIpc) is 3.00. The second-order valence-electron chi connectivity index (χ2n) is 6.40. The van der Waals surface area contributed by atoms with Crippen molar-refractivity contribution < 1.29 is 13.6 Å². The first-order valence-corrected chi connectivity index (χ1v) is 8.20. The Hall–Kier alpha value is -3.09. The van der Waals surface area contributed by atoms with Gasteiger partial charge in [-0.1, -0.05) is 6.07 Å². The van der Waals surface area contributed by atoms with Crippen LogP contribution >= 0.6 is 0 Å². The van der Waals surface area contributed by atoms with Crippen LogP contribution in [0.1, 0.15) is 23.5 Å². The van der Waals surface area contributed by atoms with E-state index in [1.54, 1.807) is 17.3 Å². The van der Waals surface area contributed by atoms with Gasteiger partial charge in [0.25, 0.3) is 0 Å². The number of H-pyrrole nitrogens is 1. The molecule has 0 bridgehead atoms. The summed E-state index contributed by atoms with van der Waals surface area (Å²) in [6, 6.07) is 7.51. The maximum Gasteiger partial charge on any atom is 0.248 e. The van der Waals surface area contributed by atoms with E-state index < -0.39 is 17.2 Å². The third kappa shape index (κ3) is 2.85. The van der Waals surface area contributed by atoms with Gasteiger partial charge in [0, 0.05) is 49.3 Å². The summed E-state index contributed by atoms with van der Waals surface area (Å²) >= 11 is 0. The highest BCUT2D eigenvalue weighted by molar-refractivity contribution is 5.84. The summed E-state index contributed by atoms with van der Waals surface area (Å²) in [7, 11) is 0. The van der Waals surface area contributed by atoms with Gasteiger partial charge >= 0.3 is 0 Å². The minimum Gasteiger partial charge on any atom is -0.338 e. The number of carbonyl (C=O) groups is 1. The van der Waals surface area contributed by atoms with Gasteiger partial charge in [-0.2, -0.15) is 0 Å². The highest BCUT2D eigenvalue weighted by Gasteiger charge is 2.31. The lowest BCUT2D eigenvalue weighted by Crippen LogP contribution is -2.25. The van der Waals surface area contributed by atoms with Crippen LogP contribution < -0.4 is 5.56 Å². The van der Waals surface area contributed by atoms with Gasteiger partial charge in [-0.25, -0.2) is 8.78 Å². The molecule has 26 heavy (non-hydrogen) atoms. The van der Waals surface area contributed by atoms with E-state index in [0.29, 0.717) is 23.9 Å². The number of amides is 1. The summed E-state index contributed by atoms with van der Waals surface area (Å²) in [6.07, 6.45) is 3.77. The SMILES string of the molecule is O=C1CC(c2cccnc2)CN1Cc1cc(=O)[nH]c2c(F)c(F)ccc12. The predicted molar refractivity (Wildman–Crippen MR) is 91.5 cm³/mol. The van der Waals surface area contributed by atoms with Crippen molar-refractivity contribution in [2.75, 3.05) is 6.54 Å². The van der Waals surface area contributed by atoms with E-state index >= 15 is 0 Å². The summed E-state index contributed by atoms with van der Waals surface area (Å²) in [6.45, 7) is 0.656. The van der Waals surface area contributed by atoms with Crippen LogP contribution in [0.3, 0.4) is 0 Å². The Kier molecular flexibility index (Phi) is 3.99. The quantitative estimate of drug-likeness (QED) is 0.786. The molecule has 132 valence electrons. The van der Waals surface area contributed by atoms with Crippen molar-refractivity contribution in [1.82, 2.24) is 14.9 Å². The molecule has 1 atom stereocenters. The normalized spacial score (nSPS) is 17.2. The summed E-state index contributed by atoms with van der Waals surface area (Å²) in [5.41, 5.74) is 0.755. The van der Waals surface area contributed by atoms with Gasteiger partial charge in [0.1, 0.15) is 0 Å². The van der Waals surface area contributed by atoms with Crippen LogP contribution in [0.2, 0.25) is 0 Å². The molecule has 0 aliphatic carbocycles. The van der Waals surface area contributed by atoms with E-state index in [1.165, 1.54) is 12.1 Å². The summed E-state index contributed by atoms with van der Waals surface area (Å²) in [5, 5.41) is 0.390. The number of pyridine rings is 2. The second-order valence-corrected chi connectivity index (χ2v) is 6.40. The van der Waals surface area contributed by atoms with Crippen molar-refractivity contribution >= 4 is 16.8 Å². The van der Waals surface area contributed by atoms with Gasteiger partial charge < -0.3 is 9.88 Å². The number of fused-ring (bicyclic) bond motifs is 1. The first-order chi connectivity index (χ1) is 12.5. The molecule has 1 aliphatic heterocycles. The van der Waals surface area contributed by atoms with Gasteiger partial charge in [-0.05, 0) is 29.3 Å². The van der Waals surface area contributed by atoms with Gasteiger partial charge in [-0.3, -0.25) is 14.6 Å². The minimum atomic E-state index is -1.09. The van der Waals surface area contributed by atoms with E-state index in [2.05, 4.69) is 9.97 Å². The molecular formula is C19H15F2N3O2. The van der Waals surface area contributed by atoms with Crippen LogP contribution in [0.15, 0.2) is 47.5 Å². The lowest BCUT2D eigenvalue weighted by atomic mass is 10.0. The van der Waals surface area contributed by atoms with Gasteiger partial charge in [0.2, 0.25) is 11.5 Å². The number of likely N-dealkylation sites (tertiary alicyclic amines) is 1. The zero-order valence-corrected chi connectivity index (χ0v) is 13.7. The van der Waals surface area contributed by atoms with Crippen molar-refractivity contribution in [3.05, 3.63) is 75.8 Å². The highest BCUT2D eigenvalue weighted by Crippen LogP contribution is 2.30. The molecule has 1 fully saturated rings. The van der Waals surface area contributed by atoms with Crippen molar-refractivity contribution in [2.45, 2.75) is 18.9 Å². The molecule has 4 rings (SSSR count). The fraction of sp³-hybridized carbons (Fsp3) is 0.211. The van der Waals surface area contributed by atoms with Gasteiger partial charge in [0.05, 0.1) is 5.52 Å². The van der Waals surface area contributed by atoms with Crippen molar-refractivity contribution in [3.63, 3.8) is 0 Å². The average molecular weight is 355 g/mol. The van der Waals surface area contributed by atoms with Crippen LogP contribution in [-0.4, -0.2) is 27.3 Å². The van der Waals surface area contributed by atoms with Crippen molar-refractivity contribution in [3.8, 4) is 0 Å². The molecule has 0 spiro atoms. The van der Waals surface area contributed by atoms with Crippen LogP contribution in [0.4, 0.5) is 8.78 Å². The van der Waals surface area contributed by atoms with Crippen molar-refractivity contribution in [1.29, 1.82) is 0 Å². The molecular weight excluding hydrogens is 340 g/mol. The van der Waals surface area contributed by atoms with E-state index in [1.807, 2.05) is 12.1 Å². The molecule has 1 aromatic carbocycles. The van der Waals surface area contributed by atoms with E-state index in [0.717, 1.165) is 11.6 Å². The fourth-order valence-corrected chi connectivity index (χ4v) is 3.44. The molecule has 3 aromatic rings. The smallest absolute Gasteiger partial charge is 0.248 e. The topological polar surface area (TPSA) is 66.1 Å². The Morgan fingerprint density at radius 2 is 2.08 bits per heavy atom. The first-order valence-electron chi connectivity index (χ1n) is 8.20. The number of nitrogens with zero attached hydrogens (tertiary/aromatic N) is 2. The number of halogens is 2. The number of rotatable bonds is 3. The Labute approximate surface area is 147 Å². The van der Waals surface area contributed by atoms with Crippen molar-refractivity contribution in [2.24, 2.45) is 0 Å². The van der Waals surface area contributed by atoms with Crippen LogP contribution in [0, 0.1) is 11.6 Å². The monoisotopic (exact) mass is 355 g/mol. The van der Waals surface area contributed by atoms with Crippen LogP contribution in [0.25, 0.3) is 10.9 Å². The molecule has 7 heteroatoms. The maximum atomic E-state index is 14.0. The third-order valence-corrected chi connectivity index (χ3v) is 4.73. The minimum absolute atomic E-state index is 0.0265. The van der Waals surface area contributed by atoms with E-state index in [-0.39, 0.29) is 23.9 Å². The Balaban J connectivity index is 1.66. The fourth-order valence-electron chi connectivity index (χ4n) is 3.44. The molecule has 2 aromatic heterocycles. The molecule has 1 N–H and O–H groups in total. The summed E-state index contributed by atoms with van der Waals surface area (Å²) < 4.78 is 27.4. The number of aromatic nitrogens is 2. The number of nitrogens with one attached hydrogen (secondary N) is 1. The zero-order valence-electron chi connectivity index (χ0n) is 13.7. The molecule has 5 nitrogen and oxygen atoms in total. The molecule has 1 amide bonds. The van der Waals surface area contributed by atoms with E-state index in [9.17, 15) is 18.4 Å². The number of aromatic amines is 1.